The lowest BCUT2D eigenvalue weighted by Gasteiger charge is -1.91. The number of ketones is 1. The highest BCUT2D eigenvalue weighted by molar-refractivity contribution is 8.00. The molecule has 0 bridgehead atoms. The van der Waals surface area contributed by atoms with Crippen molar-refractivity contribution in [3.8, 4) is 0 Å². The molecule has 3 heteroatoms. The molecule has 0 aromatic carbocycles. The maximum absolute atomic E-state index is 10.5. The molecule has 0 radical (unpaired) electrons. The van der Waals surface area contributed by atoms with Gasteiger partial charge < -0.3 is 0 Å². The quantitative estimate of drug-likeness (QED) is 0.607. The lowest BCUT2D eigenvalue weighted by atomic mass is 10.5. The molecule has 0 heterocycles. The monoisotopic (exact) mass is 150 g/mol. The second-order valence-electron chi connectivity index (χ2n) is 1.33. The second-order valence-corrected chi connectivity index (χ2v) is 2.92. The Labute approximate surface area is 59.6 Å². The van der Waals surface area contributed by atoms with Crippen LogP contribution in [0, 0.1) is 0 Å². The number of hydrogen-bond acceptors (Lipinski definition) is 3. The molecule has 0 N–H and O–H groups in total. The molecule has 0 amide bonds. The van der Waals surface area contributed by atoms with Crippen molar-refractivity contribution in [3.63, 3.8) is 0 Å². The topological polar surface area (TPSA) is 17.1 Å². The Morgan fingerprint density at radius 2 is 2.38 bits per heavy atom. The molecule has 0 aliphatic heterocycles. The van der Waals surface area contributed by atoms with Crippen LogP contribution in [0.5, 0.6) is 0 Å². The van der Waals surface area contributed by atoms with Gasteiger partial charge in [-0.3, -0.25) is 4.79 Å². The van der Waals surface area contributed by atoms with Crippen molar-refractivity contribution in [1.82, 2.24) is 0 Å². The first-order chi connectivity index (χ1) is 3.81. The molecule has 0 aliphatic rings. The summed E-state index contributed by atoms with van der Waals surface area (Å²) >= 11 is 5.47. The average molecular weight is 150 g/mol. The van der Waals surface area contributed by atoms with E-state index in [9.17, 15) is 4.79 Å². The van der Waals surface area contributed by atoms with Crippen molar-refractivity contribution in [2.75, 3.05) is 17.3 Å². The highest BCUT2D eigenvalue weighted by Crippen LogP contribution is 1.97. The normalized spacial score (nSPS) is 9.25. The second kappa shape index (κ2) is 5.51. The number of thioether (sulfide) groups is 1. The minimum atomic E-state index is 0.222. The fourth-order valence-electron chi connectivity index (χ4n) is 0.262. The number of rotatable bonds is 4. The van der Waals surface area contributed by atoms with Crippen LogP contribution in [0.2, 0.25) is 0 Å². The number of hydrogen-bond donors (Lipinski definition) is 1. The zero-order valence-corrected chi connectivity index (χ0v) is 6.60. The number of thiol groups is 1. The summed E-state index contributed by atoms with van der Waals surface area (Å²) in [6.45, 7) is 2.04. The van der Waals surface area contributed by atoms with E-state index in [0.29, 0.717) is 11.5 Å². The standard InChI is InChI=1S/C5H10OS2/c1-2-8-4-5(6)3-7/h7H,2-4H2,1H3. The van der Waals surface area contributed by atoms with Crippen LogP contribution in [0.25, 0.3) is 0 Å². The van der Waals surface area contributed by atoms with E-state index in [-0.39, 0.29) is 5.78 Å². The fourth-order valence-corrected chi connectivity index (χ4v) is 1.06. The first-order valence-electron chi connectivity index (χ1n) is 2.51. The molecule has 0 aromatic heterocycles. The Hall–Kier alpha value is 0.370. The van der Waals surface area contributed by atoms with E-state index in [0.717, 1.165) is 5.75 Å². The Kier molecular flexibility index (Phi) is 5.76. The highest BCUT2D eigenvalue weighted by Gasteiger charge is 1.94. The summed E-state index contributed by atoms with van der Waals surface area (Å²) in [6.07, 6.45) is 0. The van der Waals surface area contributed by atoms with Crippen molar-refractivity contribution >= 4 is 30.2 Å². The summed E-state index contributed by atoms with van der Waals surface area (Å²) in [5.41, 5.74) is 0. The van der Waals surface area contributed by atoms with E-state index in [1.807, 2.05) is 6.92 Å². The third-order valence-electron chi connectivity index (χ3n) is 0.644. The van der Waals surface area contributed by atoms with Gasteiger partial charge in [0.2, 0.25) is 0 Å². The van der Waals surface area contributed by atoms with Gasteiger partial charge in [0.05, 0.1) is 11.5 Å². The van der Waals surface area contributed by atoms with Crippen molar-refractivity contribution in [3.05, 3.63) is 0 Å². The molecule has 0 spiro atoms. The number of Topliss-reactive ketones (excluding diaryl/α,β-unsaturated/α-hetero) is 1. The zero-order chi connectivity index (χ0) is 6.41. The Balaban J connectivity index is 2.99. The molecule has 0 aliphatic carbocycles. The van der Waals surface area contributed by atoms with Gasteiger partial charge in [0, 0.05) is 0 Å². The average Bonchev–Trinajstić information content (AvgIpc) is 1.83. The van der Waals surface area contributed by atoms with E-state index < -0.39 is 0 Å². The Bertz CT molecular complexity index is 72.8. The van der Waals surface area contributed by atoms with E-state index in [1.54, 1.807) is 11.8 Å². The first-order valence-corrected chi connectivity index (χ1v) is 4.30. The maximum atomic E-state index is 10.5. The van der Waals surface area contributed by atoms with Gasteiger partial charge in [-0.25, -0.2) is 0 Å². The van der Waals surface area contributed by atoms with E-state index in [2.05, 4.69) is 12.6 Å². The van der Waals surface area contributed by atoms with Crippen molar-refractivity contribution in [1.29, 1.82) is 0 Å². The molecule has 0 unspecified atom stereocenters. The molecule has 0 aromatic rings. The summed E-state index contributed by atoms with van der Waals surface area (Å²) in [4.78, 5) is 10.5. The lowest BCUT2D eigenvalue weighted by Crippen LogP contribution is -2.02. The fraction of sp³-hybridized carbons (Fsp3) is 0.800. The van der Waals surface area contributed by atoms with Crippen LogP contribution in [0.15, 0.2) is 0 Å². The first kappa shape index (κ1) is 8.37. The summed E-state index contributed by atoms with van der Waals surface area (Å²) in [5, 5.41) is 0. The van der Waals surface area contributed by atoms with Crippen molar-refractivity contribution in [2.45, 2.75) is 6.92 Å². The predicted octanol–water partition coefficient (Wildman–Crippen LogP) is 1.24. The molecular weight excluding hydrogens is 140 g/mol. The van der Waals surface area contributed by atoms with E-state index >= 15 is 0 Å². The SMILES string of the molecule is CCSCC(=O)CS. The molecule has 0 rings (SSSR count). The van der Waals surface area contributed by atoms with Gasteiger partial charge in [-0.1, -0.05) is 6.92 Å². The summed E-state index contributed by atoms with van der Waals surface area (Å²) in [7, 11) is 0. The summed E-state index contributed by atoms with van der Waals surface area (Å²) in [6, 6.07) is 0. The maximum Gasteiger partial charge on any atom is 0.152 e. The summed E-state index contributed by atoms with van der Waals surface area (Å²) < 4.78 is 0. The third-order valence-corrected chi connectivity index (χ3v) is 1.93. The summed E-state index contributed by atoms with van der Waals surface area (Å²) in [5.74, 6) is 2.24. The molecule has 0 saturated heterocycles. The van der Waals surface area contributed by atoms with Gasteiger partial charge in [-0.2, -0.15) is 24.4 Å². The number of carbonyl (C=O) groups is 1. The van der Waals surface area contributed by atoms with Gasteiger partial charge >= 0.3 is 0 Å². The van der Waals surface area contributed by atoms with Gasteiger partial charge in [-0.15, -0.1) is 0 Å². The highest BCUT2D eigenvalue weighted by atomic mass is 32.2. The Morgan fingerprint density at radius 3 is 2.75 bits per heavy atom. The lowest BCUT2D eigenvalue weighted by molar-refractivity contribution is -0.114. The van der Waals surface area contributed by atoms with E-state index in [4.69, 9.17) is 0 Å². The minimum absolute atomic E-state index is 0.222. The van der Waals surface area contributed by atoms with Crippen LogP contribution >= 0.6 is 24.4 Å². The zero-order valence-electron chi connectivity index (χ0n) is 4.89. The minimum Gasteiger partial charge on any atom is -0.298 e. The molecule has 0 atom stereocenters. The molecular formula is C5H10OS2. The largest absolute Gasteiger partial charge is 0.298 e. The van der Waals surface area contributed by atoms with Crippen LogP contribution in [0.4, 0.5) is 0 Å². The van der Waals surface area contributed by atoms with Crippen LogP contribution in [0.3, 0.4) is 0 Å². The number of carbonyl (C=O) groups excluding carboxylic acids is 1. The van der Waals surface area contributed by atoms with Gasteiger partial charge in [0.25, 0.3) is 0 Å². The van der Waals surface area contributed by atoms with Gasteiger partial charge in [-0.05, 0) is 5.75 Å². The van der Waals surface area contributed by atoms with Crippen LogP contribution in [-0.2, 0) is 4.79 Å². The molecule has 0 fully saturated rings. The van der Waals surface area contributed by atoms with Crippen molar-refractivity contribution in [2.24, 2.45) is 0 Å². The van der Waals surface area contributed by atoms with Crippen LogP contribution in [0.1, 0.15) is 6.92 Å². The third kappa shape index (κ3) is 4.53. The van der Waals surface area contributed by atoms with Gasteiger partial charge in [0.15, 0.2) is 5.78 Å². The van der Waals surface area contributed by atoms with Gasteiger partial charge in [0.1, 0.15) is 0 Å². The molecule has 0 saturated carbocycles. The smallest absolute Gasteiger partial charge is 0.152 e. The molecule has 48 valence electrons. The van der Waals surface area contributed by atoms with Crippen LogP contribution < -0.4 is 0 Å². The predicted molar refractivity (Wildman–Crippen MR) is 41.9 cm³/mol. The van der Waals surface area contributed by atoms with Crippen LogP contribution in [-0.4, -0.2) is 23.0 Å². The molecule has 8 heavy (non-hydrogen) atoms. The van der Waals surface area contributed by atoms with E-state index in [1.165, 1.54) is 0 Å². The van der Waals surface area contributed by atoms with Crippen molar-refractivity contribution < 1.29 is 4.79 Å². The Morgan fingerprint density at radius 1 is 1.75 bits per heavy atom. The molecule has 1 nitrogen and oxygen atoms in total.